The average molecular weight is 415 g/mol. The SMILES string of the molecule is Cc1cc(-c2ccccc2)cc(C2CCCN(C(=O)c3n[nH]c4c3CCCCC4)C2)n1. The lowest BCUT2D eigenvalue weighted by Gasteiger charge is -2.32. The van der Waals surface area contributed by atoms with Gasteiger partial charge in [-0.05, 0) is 68.7 Å². The lowest BCUT2D eigenvalue weighted by atomic mass is 9.92. The number of hydrogen-bond acceptors (Lipinski definition) is 3. The van der Waals surface area contributed by atoms with Crippen molar-refractivity contribution < 1.29 is 4.79 Å². The summed E-state index contributed by atoms with van der Waals surface area (Å²) in [4.78, 5) is 20.3. The van der Waals surface area contributed by atoms with Gasteiger partial charge in [-0.2, -0.15) is 5.10 Å². The number of pyridine rings is 1. The number of H-pyrrole nitrogens is 1. The normalized spacial score (nSPS) is 19.0. The minimum absolute atomic E-state index is 0.0834. The van der Waals surface area contributed by atoms with Gasteiger partial charge in [0.05, 0.1) is 0 Å². The number of benzene rings is 1. The van der Waals surface area contributed by atoms with Crippen molar-refractivity contribution in [1.82, 2.24) is 20.1 Å². The number of carbonyl (C=O) groups is 1. The summed E-state index contributed by atoms with van der Waals surface area (Å²) in [5, 5.41) is 7.60. The summed E-state index contributed by atoms with van der Waals surface area (Å²) in [6, 6.07) is 14.8. The van der Waals surface area contributed by atoms with Gasteiger partial charge in [-0.15, -0.1) is 0 Å². The molecule has 0 radical (unpaired) electrons. The van der Waals surface area contributed by atoms with Crippen LogP contribution < -0.4 is 0 Å². The van der Waals surface area contributed by atoms with Gasteiger partial charge in [0.15, 0.2) is 5.69 Å². The first kappa shape index (κ1) is 20.0. The Morgan fingerprint density at radius 3 is 2.74 bits per heavy atom. The third-order valence-electron chi connectivity index (χ3n) is 6.72. The minimum atomic E-state index is 0.0834. The Bertz CT molecular complexity index is 1070. The Kier molecular flexibility index (Phi) is 5.58. The van der Waals surface area contributed by atoms with E-state index in [0.29, 0.717) is 12.2 Å². The molecule has 1 aliphatic carbocycles. The van der Waals surface area contributed by atoms with E-state index in [4.69, 9.17) is 4.98 Å². The first-order valence-electron chi connectivity index (χ1n) is 11.6. The fourth-order valence-corrected chi connectivity index (χ4v) is 5.09. The summed E-state index contributed by atoms with van der Waals surface area (Å²) in [7, 11) is 0. The molecule has 31 heavy (non-hydrogen) atoms. The Morgan fingerprint density at radius 2 is 1.87 bits per heavy atom. The van der Waals surface area contributed by atoms with Crippen molar-refractivity contribution >= 4 is 5.91 Å². The number of amides is 1. The Morgan fingerprint density at radius 1 is 1.03 bits per heavy atom. The van der Waals surface area contributed by atoms with Crippen molar-refractivity contribution in [2.75, 3.05) is 13.1 Å². The molecule has 1 fully saturated rings. The van der Waals surface area contributed by atoms with E-state index in [1.807, 2.05) is 11.0 Å². The van der Waals surface area contributed by atoms with Crippen LogP contribution in [-0.2, 0) is 12.8 Å². The Labute approximate surface area is 183 Å². The van der Waals surface area contributed by atoms with Gasteiger partial charge in [0, 0.05) is 41.7 Å². The van der Waals surface area contributed by atoms with Crippen LogP contribution in [0.25, 0.3) is 11.1 Å². The zero-order valence-electron chi connectivity index (χ0n) is 18.2. The van der Waals surface area contributed by atoms with Gasteiger partial charge >= 0.3 is 0 Å². The second-order valence-corrected chi connectivity index (χ2v) is 8.97. The van der Waals surface area contributed by atoms with Crippen LogP contribution in [0.3, 0.4) is 0 Å². The highest BCUT2D eigenvalue weighted by Crippen LogP contribution is 2.31. The van der Waals surface area contributed by atoms with Crippen molar-refractivity contribution in [3.63, 3.8) is 0 Å². The summed E-state index contributed by atoms with van der Waals surface area (Å²) < 4.78 is 0. The standard InChI is InChI=1S/C26H30N4O/c1-18-15-21(19-9-4-2-5-10-19)16-24(27-18)20-11-8-14-30(17-20)26(31)25-22-12-6-3-7-13-23(22)28-29-25/h2,4-5,9-10,15-16,20H,3,6-8,11-14,17H2,1H3,(H,28,29). The highest BCUT2D eigenvalue weighted by Gasteiger charge is 2.30. The van der Waals surface area contributed by atoms with Gasteiger partial charge in [-0.25, -0.2) is 0 Å². The predicted octanol–water partition coefficient (Wildman–Crippen LogP) is 5.07. The van der Waals surface area contributed by atoms with E-state index in [1.54, 1.807) is 0 Å². The fraction of sp³-hybridized carbons (Fsp3) is 0.423. The Hall–Kier alpha value is -2.95. The summed E-state index contributed by atoms with van der Waals surface area (Å²) >= 11 is 0. The van der Waals surface area contributed by atoms with Gasteiger partial charge in [-0.3, -0.25) is 14.9 Å². The molecule has 2 aliphatic rings. The van der Waals surface area contributed by atoms with E-state index in [1.165, 1.54) is 29.7 Å². The number of carbonyl (C=O) groups excluding carboxylic acids is 1. The topological polar surface area (TPSA) is 61.9 Å². The molecular formula is C26H30N4O. The summed E-state index contributed by atoms with van der Waals surface area (Å²) in [6.45, 7) is 3.57. The molecule has 1 amide bonds. The van der Waals surface area contributed by atoms with Crippen LogP contribution in [-0.4, -0.2) is 39.1 Å². The molecule has 0 saturated carbocycles. The van der Waals surface area contributed by atoms with Gasteiger partial charge in [0.2, 0.25) is 0 Å². The number of aromatic nitrogens is 3. The number of aryl methyl sites for hydroxylation is 2. The van der Waals surface area contributed by atoms with Crippen LogP contribution >= 0.6 is 0 Å². The van der Waals surface area contributed by atoms with E-state index < -0.39 is 0 Å². The van der Waals surface area contributed by atoms with Crippen LogP contribution in [0, 0.1) is 6.92 Å². The van der Waals surface area contributed by atoms with Crippen molar-refractivity contribution in [1.29, 1.82) is 0 Å². The number of fused-ring (bicyclic) bond motifs is 1. The summed E-state index contributed by atoms with van der Waals surface area (Å²) in [5.74, 6) is 0.345. The number of likely N-dealkylation sites (tertiary alicyclic amines) is 1. The molecule has 1 saturated heterocycles. The van der Waals surface area contributed by atoms with Crippen LogP contribution in [0.15, 0.2) is 42.5 Å². The number of piperidine rings is 1. The number of nitrogens with one attached hydrogen (secondary N) is 1. The Balaban J connectivity index is 1.38. The van der Waals surface area contributed by atoms with Gasteiger partial charge in [0.1, 0.15) is 0 Å². The average Bonchev–Trinajstić information content (AvgIpc) is 3.06. The van der Waals surface area contributed by atoms with Gasteiger partial charge < -0.3 is 4.90 Å². The minimum Gasteiger partial charge on any atom is -0.337 e. The first-order chi connectivity index (χ1) is 15.2. The zero-order valence-corrected chi connectivity index (χ0v) is 18.2. The van der Waals surface area contributed by atoms with Crippen LogP contribution in [0.2, 0.25) is 0 Å². The molecular weight excluding hydrogens is 384 g/mol. The maximum atomic E-state index is 13.4. The quantitative estimate of drug-likeness (QED) is 0.609. The first-order valence-corrected chi connectivity index (χ1v) is 11.6. The summed E-state index contributed by atoms with van der Waals surface area (Å²) in [5.41, 5.74) is 7.50. The number of nitrogens with zero attached hydrogens (tertiary/aromatic N) is 3. The molecule has 1 N–H and O–H groups in total. The smallest absolute Gasteiger partial charge is 0.274 e. The molecule has 5 nitrogen and oxygen atoms in total. The molecule has 5 rings (SSSR count). The molecule has 5 heteroatoms. The highest BCUT2D eigenvalue weighted by atomic mass is 16.2. The molecule has 3 aromatic rings. The van der Waals surface area contributed by atoms with Crippen LogP contribution in [0.4, 0.5) is 0 Å². The van der Waals surface area contributed by atoms with E-state index in [9.17, 15) is 4.79 Å². The zero-order chi connectivity index (χ0) is 21.2. The lowest BCUT2D eigenvalue weighted by Crippen LogP contribution is -2.40. The summed E-state index contributed by atoms with van der Waals surface area (Å²) in [6.07, 6.45) is 7.58. The fourth-order valence-electron chi connectivity index (χ4n) is 5.09. The molecule has 160 valence electrons. The van der Waals surface area contributed by atoms with Crippen LogP contribution in [0.1, 0.15) is 71.2 Å². The van der Waals surface area contributed by atoms with Gasteiger partial charge in [-0.1, -0.05) is 36.8 Å². The predicted molar refractivity (Wildman–Crippen MR) is 122 cm³/mol. The van der Waals surface area contributed by atoms with E-state index in [2.05, 4.69) is 53.5 Å². The molecule has 1 atom stereocenters. The van der Waals surface area contributed by atoms with Crippen molar-refractivity contribution in [3.8, 4) is 11.1 Å². The van der Waals surface area contributed by atoms with Crippen molar-refractivity contribution in [3.05, 3.63) is 70.8 Å². The monoisotopic (exact) mass is 414 g/mol. The molecule has 3 heterocycles. The lowest BCUT2D eigenvalue weighted by molar-refractivity contribution is 0.0698. The number of rotatable bonds is 3. The molecule has 1 aromatic carbocycles. The van der Waals surface area contributed by atoms with Gasteiger partial charge in [0.25, 0.3) is 5.91 Å². The molecule has 0 spiro atoms. The van der Waals surface area contributed by atoms with Crippen molar-refractivity contribution in [2.24, 2.45) is 0 Å². The maximum absolute atomic E-state index is 13.4. The molecule has 1 unspecified atom stereocenters. The van der Waals surface area contributed by atoms with E-state index in [0.717, 1.165) is 55.6 Å². The van der Waals surface area contributed by atoms with Crippen molar-refractivity contribution in [2.45, 2.75) is 57.8 Å². The number of aromatic amines is 1. The third-order valence-corrected chi connectivity index (χ3v) is 6.72. The molecule has 2 aromatic heterocycles. The van der Waals surface area contributed by atoms with E-state index in [-0.39, 0.29) is 11.8 Å². The van der Waals surface area contributed by atoms with E-state index >= 15 is 0 Å². The second-order valence-electron chi connectivity index (χ2n) is 8.97. The third kappa shape index (κ3) is 4.14. The number of hydrogen-bond donors (Lipinski definition) is 1. The van der Waals surface area contributed by atoms with Crippen LogP contribution in [0.5, 0.6) is 0 Å². The largest absolute Gasteiger partial charge is 0.337 e. The molecule has 1 aliphatic heterocycles. The molecule has 0 bridgehead atoms. The highest BCUT2D eigenvalue weighted by molar-refractivity contribution is 5.94. The maximum Gasteiger partial charge on any atom is 0.274 e. The second kappa shape index (κ2) is 8.66.